The lowest BCUT2D eigenvalue weighted by molar-refractivity contribution is -0.132. The van der Waals surface area contributed by atoms with Crippen LogP contribution in [0.2, 0.25) is 0 Å². The van der Waals surface area contributed by atoms with Gasteiger partial charge in [0.05, 0.1) is 6.04 Å². The highest BCUT2D eigenvalue weighted by Gasteiger charge is 2.39. The second kappa shape index (κ2) is 7.79. The van der Waals surface area contributed by atoms with Crippen molar-refractivity contribution in [3.05, 3.63) is 71.9 Å². The molecule has 1 saturated heterocycles. The van der Waals surface area contributed by atoms with Crippen molar-refractivity contribution in [1.82, 2.24) is 20.5 Å². The molecule has 1 aromatic heterocycles. The predicted octanol–water partition coefficient (Wildman–Crippen LogP) is 2.51. The number of aromatic nitrogens is 1. The minimum absolute atomic E-state index is 0.216. The molecule has 3 N–H and O–H groups in total. The highest BCUT2D eigenvalue weighted by molar-refractivity contribution is 6.06. The first-order valence-electron chi connectivity index (χ1n) is 9.54. The molecule has 2 heterocycles. The molecule has 0 saturated carbocycles. The molecule has 148 valence electrons. The average Bonchev–Trinajstić information content (AvgIpc) is 3.25. The zero-order valence-corrected chi connectivity index (χ0v) is 16.0. The van der Waals surface area contributed by atoms with Crippen LogP contribution in [0.5, 0.6) is 0 Å². The van der Waals surface area contributed by atoms with Gasteiger partial charge in [-0.3, -0.25) is 14.5 Å². The zero-order valence-electron chi connectivity index (χ0n) is 16.0. The van der Waals surface area contributed by atoms with Gasteiger partial charge in [-0.05, 0) is 24.1 Å². The maximum atomic E-state index is 12.7. The van der Waals surface area contributed by atoms with Gasteiger partial charge in [0.25, 0.3) is 5.91 Å². The van der Waals surface area contributed by atoms with Crippen LogP contribution in [-0.2, 0) is 16.0 Å². The minimum Gasteiger partial charge on any atom is -0.361 e. The van der Waals surface area contributed by atoms with Gasteiger partial charge in [0.1, 0.15) is 12.6 Å². The van der Waals surface area contributed by atoms with Gasteiger partial charge >= 0.3 is 6.03 Å². The number of para-hydroxylation sites is 1. The average molecular weight is 390 g/mol. The molecule has 1 aliphatic rings. The monoisotopic (exact) mass is 390 g/mol. The third kappa shape index (κ3) is 3.85. The number of carbonyl (C=O) groups excluding carboxylic acids is 3. The van der Waals surface area contributed by atoms with E-state index < -0.39 is 12.1 Å². The fraction of sp³-hybridized carbons (Fsp3) is 0.227. The Kier molecular flexibility index (Phi) is 5.03. The van der Waals surface area contributed by atoms with E-state index in [1.165, 1.54) is 0 Å². The van der Waals surface area contributed by atoms with Crippen LogP contribution in [0.4, 0.5) is 4.79 Å². The van der Waals surface area contributed by atoms with Gasteiger partial charge in [0, 0.05) is 23.5 Å². The third-order valence-corrected chi connectivity index (χ3v) is 5.18. The van der Waals surface area contributed by atoms with Crippen molar-refractivity contribution in [3.63, 3.8) is 0 Å². The molecule has 0 aliphatic carbocycles. The van der Waals surface area contributed by atoms with E-state index in [0.717, 1.165) is 26.9 Å². The first-order chi connectivity index (χ1) is 14.0. The smallest absolute Gasteiger partial charge is 0.325 e. The summed E-state index contributed by atoms with van der Waals surface area (Å²) in [4.78, 5) is 41.5. The maximum absolute atomic E-state index is 12.7. The summed E-state index contributed by atoms with van der Waals surface area (Å²) in [5, 5.41) is 6.54. The maximum Gasteiger partial charge on any atom is 0.325 e. The van der Waals surface area contributed by atoms with Crippen molar-refractivity contribution < 1.29 is 14.4 Å². The topological polar surface area (TPSA) is 94.3 Å². The quantitative estimate of drug-likeness (QED) is 0.565. The van der Waals surface area contributed by atoms with Crippen LogP contribution < -0.4 is 10.6 Å². The Morgan fingerprint density at radius 2 is 1.83 bits per heavy atom. The molecule has 7 heteroatoms. The van der Waals surface area contributed by atoms with Crippen molar-refractivity contribution in [2.24, 2.45) is 0 Å². The molecule has 0 bridgehead atoms. The summed E-state index contributed by atoms with van der Waals surface area (Å²) in [6, 6.07) is 15.9. The Morgan fingerprint density at radius 1 is 1.10 bits per heavy atom. The lowest BCUT2D eigenvalue weighted by Crippen LogP contribution is -2.42. The molecule has 2 aromatic carbocycles. The van der Waals surface area contributed by atoms with Crippen LogP contribution in [0.25, 0.3) is 10.9 Å². The van der Waals surface area contributed by atoms with Gasteiger partial charge in [-0.1, -0.05) is 48.5 Å². The van der Waals surface area contributed by atoms with E-state index in [1.807, 2.05) is 67.7 Å². The highest BCUT2D eigenvalue weighted by Crippen LogP contribution is 2.21. The molecule has 2 atom stereocenters. The van der Waals surface area contributed by atoms with E-state index in [4.69, 9.17) is 0 Å². The van der Waals surface area contributed by atoms with Crippen LogP contribution in [0.3, 0.4) is 0 Å². The summed E-state index contributed by atoms with van der Waals surface area (Å²) in [5.74, 6) is -0.764. The van der Waals surface area contributed by atoms with E-state index in [1.54, 1.807) is 0 Å². The Bertz CT molecular complexity index is 1060. The Hall–Kier alpha value is -3.61. The van der Waals surface area contributed by atoms with Crippen LogP contribution in [0.15, 0.2) is 60.8 Å². The number of nitrogens with zero attached hydrogens (tertiary/aromatic N) is 1. The summed E-state index contributed by atoms with van der Waals surface area (Å²) >= 11 is 0. The van der Waals surface area contributed by atoms with E-state index in [9.17, 15) is 14.4 Å². The fourth-order valence-corrected chi connectivity index (χ4v) is 3.64. The Labute approximate surface area is 168 Å². The number of amides is 4. The van der Waals surface area contributed by atoms with Crippen LogP contribution in [-0.4, -0.2) is 40.3 Å². The molecular formula is C22H22N4O3. The van der Waals surface area contributed by atoms with Crippen molar-refractivity contribution >= 4 is 28.7 Å². The van der Waals surface area contributed by atoms with Crippen molar-refractivity contribution in [2.45, 2.75) is 25.4 Å². The number of rotatable bonds is 6. The van der Waals surface area contributed by atoms with Crippen molar-refractivity contribution in [2.75, 3.05) is 6.54 Å². The number of hydrogen-bond donors (Lipinski definition) is 3. The van der Waals surface area contributed by atoms with Gasteiger partial charge in [-0.2, -0.15) is 0 Å². The van der Waals surface area contributed by atoms with Gasteiger partial charge in [-0.15, -0.1) is 0 Å². The summed E-state index contributed by atoms with van der Waals surface area (Å²) in [6.45, 7) is 1.56. The second-order valence-corrected chi connectivity index (χ2v) is 7.19. The summed E-state index contributed by atoms with van der Waals surface area (Å²) < 4.78 is 0. The van der Waals surface area contributed by atoms with Crippen LogP contribution >= 0.6 is 0 Å². The first kappa shape index (κ1) is 18.7. The summed E-state index contributed by atoms with van der Waals surface area (Å²) in [6.07, 6.45) is 2.22. The molecule has 4 amide bonds. The standard InChI is InChI=1S/C22H22N4O3/c1-14(15-7-3-2-4-8-15)24-20(27)13-26-21(28)19(25-22(26)29)11-16-12-23-18-10-6-5-9-17(16)18/h2-10,12,14,19,23H,11,13H2,1H3,(H,24,27)(H,25,29)/t14-,19+/m0/s1. The predicted molar refractivity (Wildman–Crippen MR) is 109 cm³/mol. The van der Waals surface area contributed by atoms with E-state index in [2.05, 4.69) is 15.6 Å². The summed E-state index contributed by atoms with van der Waals surface area (Å²) in [7, 11) is 0. The molecule has 29 heavy (non-hydrogen) atoms. The molecule has 1 fully saturated rings. The number of fused-ring (bicyclic) bond motifs is 1. The second-order valence-electron chi connectivity index (χ2n) is 7.19. The largest absolute Gasteiger partial charge is 0.361 e. The fourth-order valence-electron chi connectivity index (χ4n) is 3.64. The number of nitrogens with one attached hydrogen (secondary N) is 3. The molecule has 0 spiro atoms. The lowest BCUT2D eigenvalue weighted by atomic mass is 10.1. The molecule has 4 rings (SSSR count). The Balaban J connectivity index is 1.39. The van der Waals surface area contributed by atoms with Gasteiger partial charge in [0.2, 0.25) is 5.91 Å². The van der Waals surface area contributed by atoms with Crippen LogP contribution in [0.1, 0.15) is 24.1 Å². The van der Waals surface area contributed by atoms with Gasteiger partial charge in [-0.25, -0.2) is 4.79 Å². The SMILES string of the molecule is C[C@H](NC(=O)CN1C(=O)N[C@H](Cc2c[nH]c3ccccc23)C1=O)c1ccccc1. The molecule has 0 radical (unpaired) electrons. The molecule has 1 aliphatic heterocycles. The summed E-state index contributed by atoms with van der Waals surface area (Å²) in [5.41, 5.74) is 2.88. The normalized spacial score (nSPS) is 17.4. The van der Waals surface area contributed by atoms with Crippen LogP contribution in [0, 0.1) is 0 Å². The van der Waals surface area contributed by atoms with Crippen molar-refractivity contribution in [3.8, 4) is 0 Å². The number of carbonyl (C=O) groups is 3. The number of imide groups is 1. The third-order valence-electron chi connectivity index (χ3n) is 5.18. The zero-order chi connectivity index (χ0) is 20.4. The number of hydrogen-bond acceptors (Lipinski definition) is 3. The lowest BCUT2D eigenvalue weighted by Gasteiger charge is -2.17. The number of urea groups is 1. The van der Waals surface area contributed by atoms with Crippen molar-refractivity contribution in [1.29, 1.82) is 0 Å². The van der Waals surface area contributed by atoms with Gasteiger partial charge < -0.3 is 15.6 Å². The molecular weight excluding hydrogens is 368 g/mol. The number of benzene rings is 2. The number of H-pyrrole nitrogens is 1. The number of aromatic amines is 1. The molecule has 3 aromatic rings. The minimum atomic E-state index is -0.680. The molecule has 7 nitrogen and oxygen atoms in total. The molecule has 0 unspecified atom stereocenters. The van der Waals surface area contributed by atoms with Gasteiger partial charge in [0.15, 0.2) is 0 Å². The first-order valence-corrected chi connectivity index (χ1v) is 9.54. The van der Waals surface area contributed by atoms with E-state index in [0.29, 0.717) is 6.42 Å². The highest BCUT2D eigenvalue weighted by atomic mass is 16.2. The Morgan fingerprint density at radius 3 is 2.62 bits per heavy atom. The van der Waals surface area contributed by atoms with E-state index >= 15 is 0 Å². The van der Waals surface area contributed by atoms with E-state index in [-0.39, 0.29) is 24.4 Å².